The molecule has 3 aromatic heterocycles. The van der Waals surface area contributed by atoms with Gasteiger partial charge in [0.15, 0.2) is 11.4 Å². The van der Waals surface area contributed by atoms with Gasteiger partial charge in [0.25, 0.3) is 0 Å². The topological polar surface area (TPSA) is 82.2 Å². The third kappa shape index (κ3) is 3.77. The first-order valence-electron chi connectivity index (χ1n) is 12.7. The molecule has 1 aliphatic carbocycles. The third-order valence-electron chi connectivity index (χ3n) is 8.10. The molecule has 1 N–H and O–H groups in total. The summed E-state index contributed by atoms with van der Waals surface area (Å²) in [6.45, 7) is 6.79. The third-order valence-corrected chi connectivity index (χ3v) is 8.10. The first kappa shape index (κ1) is 22.1. The molecule has 1 saturated carbocycles. The Morgan fingerprint density at radius 3 is 2.69 bits per heavy atom. The van der Waals surface area contributed by atoms with Gasteiger partial charge < -0.3 is 14.6 Å². The highest BCUT2D eigenvalue weighted by Crippen LogP contribution is 2.40. The number of aromatic amines is 1. The number of nitrogens with zero attached hydrogens (tertiary/aromatic N) is 5. The van der Waals surface area contributed by atoms with Crippen LogP contribution in [-0.4, -0.2) is 50.7 Å². The van der Waals surface area contributed by atoms with Crippen LogP contribution in [0.5, 0.6) is 5.75 Å². The van der Waals surface area contributed by atoms with Crippen molar-refractivity contribution in [3.63, 3.8) is 0 Å². The molecule has 4 heterocycles. The van der Waals surface area contributed by atoms with E-state index in [1.54, 1.807) is 18.0 Å². The predicted octanol–water partition coefficient (Wildman–Crippen LogP) is 5.49. The van der Waals surface area contributed by atoms with Gasteiger partial charge in [-0.3, -0.25) is 0 Å². The van der Waals surface area contributed by atoms with Gasteiger partial charge in [0.05, 0.1) is 18.9 Å². The summed E-state index contributed by atoms with van der Waals surface area (Å²) in [5.41, 5.74) is 6.83. The molecule has 0 unspecified atom stereocenters. The van der Waals surface area contributed by atoms with E-state index in [-0.39, 0.29) is 5.92 Å². The van der Waals surface area contributed by atoms with Crippen molar-refractivity contribution < 1.29 is 4.74 Å². The Kier molecular flexibility index (Phi) is 5.49. The highest BCUT2D eigenvalue weighted by Gasteiger charge is 2.35. The Labute approximate surface area is 205 Å². The Bertz CT molecular complexity index is 1410. The maximum absolute atomic E-state index is 9.09. The maximum atomic E-state index is 9.09. The van der Waals surface area contributed by atoms with Crippen molar-refractivity contribution in [1.29, 1.82) is 5.26 Å². The van der Waals surface area contributed by atoms with Crippen molar-refractivity contribution in [3.8, 4) is 23.1 Å². The van der Waals surface area contributed by atoms with Gasteiger partial charge in [-0.15, -0.1) is 0 Å². The molecule has 7 heteroatoms. The molecule has 35 heavy (non-hydrogen) atoms. The highest BCUT2D eigenvalue weighted by molar-refractivity contribution is 5.92. The average Bonchev–Trinajstić information content (AvgIpc) is 3.47. The molecule has 180 valence electrons. The van der Waals surface area contributed by atoms with Gasteiger partial charge in [-0.1, -0.05) is 19.9 Å². The SMILES string of the molecule is COc1cc(-c2[nH]c3ccc(C4CCN(C5CC(C#N)C5)CC4)cc3c2C(C)C)cn2ncnc12. The molecule has 0 spiro atoms. The minimum atomic E-state index is 0.280. The van der Waals surface area contributed by atoms with Crippen LogP contribution in [0.15, 0.2) is 36.8 Å². The summed E-state index contributed by atoms with van der Waals surface area (Å²) in [5.74, 6) is 1.95. The maximum Gasteiger partial charge on any atom is 0.197 e. The highest BCUT2D eigenvalue weighted by atomic mass is 16.5. The van der Waals surface area contributed by atoms with Crippen molar-refractivity contribution in [2.24, 2.45) is 5.92 Å². The number of hydrogen-bond donors (Lipinski definition) is 1. The van der Waals surface area contributed by atoms with E-state index in [0.29, 0.717) is 23.6 Å². The number of H-pyrrole nitrogens is 1. The Hall–Kier alpha value is -3.37. The quantitative estimate of drug-likeness (QED) is 0.419. The number of ether oxygens (including phenoxy) is 1. The van der Waals surface area contributed by atoms with E-state index in [0.717, 1.165) is 42.8 Å². The zero-order chi connectivity index (χ0) is 24.1. The minimum Gasteiger partial charge on any atom is -0.493 e. The first-order valence-corrected chi connectivity index (χ1v) is 12.7. The van der Waals surface area contributed by atoms with E-state index in [9.17, 15) is 0 Å². The lowest BCUT2D eigenvalue weighted by atomic mass is 9.78. The summed E-state index contributed by atoms with van der Waals surface area (Å²) in [6, 6.07) is 12.1. The van der Waals surface area contributed by atoms with Crippen molar-refractivity contribution in [3.05, 3.63) is 47.9 Å². The number of benzene rings is 1. The Morgan fingerprint density at radius 1 is 1.17 bits per heavy atom. The van der Waals surface area contributed by atoms with Crippen molar-refractivity contribution >= 4 is 16.6 Å². The summed E-state index contributed by atoms with van der Waals surface area (Å²) >= 11 is 0. The van der Waals surface area contributed by atoms with Gasteiger partial charge >= 0.3 is 0 Å². The van der Waals surface area contributed by atoms with Crippen LogP contribution in [-0.2, 0) is 0 Å². The molecule has 1 aromatic carbocycles. The second-order valence-electron chi connectivity index (χ2n) is 10.5. The number of nitrogens with one attached hydrogen (secondary N) is 1. The number of pyridine rings is 1. The van der Waals surface area contributed by atoms with Gasteiger partial charge in [-0.2, -0.15) is 10.4 Å². The fourth-order valence-corrected chi connectivity index (χ4v) is 6.08. The van der Waals surface area contributed by atoms with E-state index >= 15 is 0 Å². The predicted molar refractivity (Wildman–Crippen MR) is 137 cm³/mol. The molecular formula is C28H32N6O. The molecule has 2 aliphatic rings. The van der Waals surface area contributed by atoms with Crippen molar-refractivity contribution in [2.45, 2.75) is 57.4 Å². The zero-order valence-electron chi connectivity index (χ0n) is 20.7. The number of fused-ring (bicyclic) bond motifs is 2. The van der Waals surface area contributed by atoms with Crippen LogP contribution >= 0.6 is 0 Å². The molecule has 4 aromatic rings. The number of aromatic nitrogens is 4. The van der Waals surface area contributed by atoms with Crippen LogP contribution in [0, 0.1) is 17.2 Å². The van der Waals surface area contributed by atoms with Gasteiger partial charge in [0.2, 0.25) is 0 Å². The lowest BCUT2D eigenvalue weighted by Crippen LogP contribution is -2.47. The van der Waals surface area contributed by atoms with Gasteiger partial charge in [-0.25, -0.2) is 9.50 Å². The van der Waals surface area contributed by atoms with E-state index in [1.165, 1.54) is 34.9 Å². The lowest BCUT2D eigenvalue weighted by molar-refractivity contribution is 0.0756. The summed E-state index contributed by atoms with van der Waals surface area (Å²) < 4.78 is 7.40. The minimum absolute atomic E-state index is 0.280. The number of nitriles is 1. The normalized spacial score (nSPS) is 21.5. The number of likely N-dealkylation sites (tertiary alicyclic amines) is 1. The second-order valence-corrected chi connectivity index (χ2v) is 10.5. The molecule has 0 radical (unpaired) electrons. The van der Waals surface area contributed by atoms with E-state index < -0.39 is 0 Å². The van der Waals surface area contributed by atoms with Gasteiger partial charge in [0.1, 0.15) is 6.33 Å². The molecule has 7 nitrogen and oxygen atoms in total. The van der Waals surface area contributed by atoms with Crippen LogP contribution in [0.2, 0.25) is 0 Å². The summed E-state index contributed by atoms with van der Waals surface area (Å²) in [5, 5.41) is 14.7. The molecule has 6 rings (SSSR count). The fourth-order valence-electron chi connectivity index (χ4n) is 6.08. The van der Waals surface area contributed by atoms with E-state index in [2.05, 4.69) is 64.1 Å². The fraction of sp³-hybridized carbons (Fsp3) is 0.464. The van der Waals surface area contributed by atoms with Crippen LogP contribution in [0.25, 0.3) is 27.8 Å². The molecule has 1 saturated heterocycles. The Morgan fingerprint density at radius 2 is 1.97 bits per heavy atom. The average molecular weight is 469 g/mol. The van der Waals surface area contributed by atoms with Crippen LogP contribution in [0.3, 0.4) is 0 Å². The van der Waals surface area contributed by atoms with Gasteiger partial charge in [-0.05, 0) is 79.9 Å². The van der Waals surface area contributed by atoms with Crippen molar-refractivity contribution in [1.82, 2.24) is 24.5 Å². The number of piperidine rings is 1. The molecular weight excluding hydrogens is 436 g/mol. The Balaban J connectivity index is 1.31. The number of methoxy groups -OCH3 is 1. The molecule has 2 fully saturated rings. The van der Waals surface area contributed by atoms with Crippen LogP contribution in [0.1, 0.15) is 62.5 Å². The number of hydrogen-bond acceptors (Lipinski definition) is 5. The first-order chi connectivity index (χ1) is 17.1. The standard InChI is InChI=1S/C28H32N6O/c1-17(2)26-23-12-20(19-6-8-33(9-7-19)22-10-18(11-22)14-29)4-5-24(23)32-27(26)21-13-25(35-3)28-30-16-31-34(28)15-21/h4-5,12-13,15-19,22,32H,6-11H2,1-3H3. The van der Waals surface area contributed by atoms with Crippen molar-refractivity contribution in [2.75, 3.05) is 20.2 Å². The molecule has 1 aliphatic heterocycles. The monoisotopic (exact) mass is 468 g/mol. The largest absolute Gasteiger partial charge is 0.493 e. The van der Waals surface area contributed by atoms with E-state index in [1.807, 2.05) is 6.20 Å². The summed E-state index contributed by atoms with van der Waals surface area (Å²) in [4.78, 5) is 10.6. The molecule has 0 amide bonds. The van der Waals surface area contributed by atoms with Crippen LogP contribution in [0.4, 0.5) is 0 Å². The smallest absolute Gasteiger partial charge is 0.197 e. The zero-order valence-corrected chi connectivity index (χ0v) is 20.7. The second kappa shape index (κ2) is 8.69. The summed E-state index contributed by atoms with van der Waals surface area (Å²) in [6.07, 6.45) is 8.07. The molecule has 0 bridgehead atoms. The summed E-state index contributed by atoms with van der Waals surface area (Å²) in [7, 11) is 1.67. The lowest BCUT2D eigenvalue weighted by Gasteiger charge is -2.43. The number of rotatable bonds is 5. The van der Waals surface area contributed by atoms with Gasteiger partial charge in [0, 0.05) is 34.6 Å². The van der Waals surface area contributed by atoms with E-state index in [4.69, 9.17) is 10.00 Å². The molecule has 0 atom stereocenters. The van der Waals surface area contributed by atoms with Crippen LogP contribution < -0.4 is 4.74 Å².